The summed E-state index contributed by atoms with van der Waals surface area (Å²) in [6.45, 7) is 3.69. The fourth-order valence-corrected chi connectivity index (χ4v) is 2.84. The van der Waals surface area contributed by atoms with E-state index in [0.717, 1.165) is 38.6 Å². The van der Waals surface area contributed by atoms with Gasteiger partial charge in [0.05, 0.1) is 0 Å². The largest absolute Gasteiger partial charge is 0.356 e. The van der Waals surface area contributed by atoms with Crippen LogP contribution in [0.3, 0.4) is 0 Å². The summed E-state index contributed by atoms with van der Waals surface area (Å²) in [5.74, 6) is 0.861. The first-order chi connectivity index (χ1) is 11.9. The molecular weight excluding hydrogens is 298 g/mol. The molecule has 0 spiro atoms. The SMILES string of the molecule is CN=C(NCCCn1ccc2ccccc21)NCCn1cccc1. The molecule has 2 heterocycles. The van der Waals surface area contributed by atoms with Gasteiger partial charge in [-0.05, 0) is 36.1 Å². The molecule has 0 unspecified atom stereocenters. The maximum absolute atomic E-state index is 4.27. The van der Waals surface area contributed by atoms with Crippen LogP contribution < -0.4 is 10.6 Å². The number of aryl methyl sites for hydroxylation is 1. The van der Waals surface area contributed by atoms with Gasteiger partial charge in [-0.15, -0.1) is 0 Å². The number of nitrogens with one attached hydrogen (secondary N) is 2. The molecule has 0 bridgehead atoms. The molecule has 5 heteroatoms. The minimum absolute atomic E-state index is 0.858. The Morgan fingerprint density at radius 1 is 0.917 bits per heavy atom. The lowest BCUT2D eigenvalue weighted by Crippen LogP contribution is -2.39. The monoisotopic (exact) mass is 323 g/mol. The van der Waals surface area contributed by atoms with E-state index >= 15 is 0 Å². The van der Waals surface area contributed by atoms with Crippen LogP contribution in [0.5, 0.6) is 0 Å². The molecule has 3 rings (SSSR count). The van der Waals surface area contributed by atoms with E-state index in [4.69, 9.17) is 0 Å². The molecule has 0 atom stereocenters. The summed E-state index contributed by atoms with van der Waals surface area (Å²) in [5, 5.41) is 8.02. The highest BCUT2D eigenvalue weighted by molar-refractivity contribution is 5.80. The Balaban J connectivity index is 1.38. The van der Waals surface area contributed by atoms with Crippen LogP contribution >= 0.6 is 0 Å². The van der Waals surface area contributed by atoms with E-state index in [1.807, 2.05) is 19.2 Å². The second-order valence-electron chi connectivity index (χ2n) is 5.77. The van der Waals surface area contributed by atoms with Crippen molar-refractivity contribution >= 4 is 16.9 Å². The highest BCUT2D eigenvalue weighted by Crippen LogP contribution is 2.15. The van der Waals surface area contributed by atoms with Gasteiger partial charge in [-0.3, -0.25) is 4.99 Å². The van der Waals surface area contributed by atoms with Crippen LogP contribution in [0.15, 0.2) is 66.0 Å². The van der Waals surface area contributed by atoms with Crippen LogP contribution in [0.25, 0.3) is 10.9 Å². The first-order valence-electron chi connectivity index (χ1n) is 8.46. The summed E-state index contributed by atoms with van der Waals surface area (Å²) in [5.41, 5.74) is 1.30. The van der Waals surface area contributed by atoms with Gasteiger partial charge in [0, 0.05) is 57.3 Å². The average Bonchev–Trinajstić information content (AvgIpc) is 3.27. The van der Waals surface area contributed by atoms with Crippen molar-refractivity contribution in [3.8, 4) is 0 Å². The highest BCUT2D eigenvalue weighted by atomic mass is 15.2. The summed E-state index contributed by atoms with van der Waals surface area (Å²) in [6, 6.07) is 14.7. The van der Waals surface area contributed by atoms with Crippen molar-refractivity contribution in [2.45, 2.75) is 19.5 Å². The Bertz CT molecular complexity index is 770. The molecule has 0 saturated heterocycles. The van der Waals surface area contributed by atoms with Crippen LogP contribution in [-0.4, -0.2) is 35.2 Å². The maximum atomic E-state index is 4.27. The van der Waals surface area contributed by atoms with Gasteiger partial charge in [-0.1, -0.05) is 18.2 Å². The highest BCUT2D eigenvalue weighted by Gasteiger charge is 2.00. The molecule has 5 nitrogen and oxygen atoms in total. The van der Waals surface area contributed by atoms with Gasteiger partial charge in [-0.2, -0.15) is 0 Å². The van der Waals surface area contributed by atoms with E-state index < -0.39 is 0 Å². The normalized spacial score (nSPS) is 11.8. The standard InChI is InChI=1S/C19H25N5/c1-20-19(22-11-16-23-12-4-5-13-23)21-10-6-14-24-15-9-17-7-2-3-8-18(17)24/h2-5,7-9,12-13,15H,6,10-11,14,16H2,1H3,(H2,20,21,22). The van der Waals surface area contributed by atoms with E-state index in [9.17, 15) is 0 Å². The molecule has 0 aliphatic rings. The maximum Gasteiger partial charge on any atom is 0.191 e. The predicted octanol–water partition coefficient (Wildman–Crippen LogP) is 2.70. The van der Waals surface area contributed by atoms with Crippen molar-refractivity contribution in [1.82, 2.24) is 19.8 Å². The van der Waals surface area contributed by atoms with E-state index in [2.05, 4.69) is 73.7 Å². The molecule has 3 aromatic rings. The molecule has 0 aliphatic heterocycles. The quantitative estimate of drug-likeness (QED) is 0.399. The first-order valence-corrected chi connectivity index (χ1v) is 8.46. The zero-order valence-corrected chi connectivity index (χ0v) is 14.2. The third kappa shape index (κ3) is 4.19. The molecule has 0 saturated carbocycles. The number of para-hydroxylation sites is 1. The number of aliphatic imine (C=N–C) groups is 1. The lowest BCUT2D eigenvalue weighted by molar-refractivity contribution is 0.630. The number of nitrogens with zero attached hydrogens (tertiary/aromatic N) is 3. The third-order valence-electron chi connectivity index (χ3n) is 4.10. The Labute approximate surface area is 143 Å². The zero-order chi connectivity index (χ0) is 16.6. The van der Waals surface area contributed by atoms with Gasteiger partial charge in [-0.25, -0.2) is 0 Å². The fraction of sp³-hybridized carbons (Fsp3) is 0.316. The van der Waals surface area contributed by atoms with Crippen molar-refractivity contribution in [2.24, 2.45) is 4.99 Å². The van der Waals surface area contributed by atoms with Crippen molar-refractivity contribution in [1.29, 1.82) is 0 Å². The van der Waals surface area contributed by atoms with Crippen LogP contribution in [0.2, 0.25) is 0 Å². The number of aromatic nitrogens is 2. The molecule has 1 aromatic carbocycles. The number of fused-ring (bicyclic) bond motifs is 1. The van der Waals surface area contributed by atoms with Gasteiger partial charge in [0.2, 0.25) is 0 Å². The van der Waals surface area contributed by atoms with E-state index in [1.54, 1.807) is 0 Å². The van der Waals surface area contributed by atoms with Gasteiger partial charge in [0.15, 0.2) is 5.96 Å². The van der Waals surface area contributed by atoms with Crippen LogP contribution in [0.1, 0.15) is 6.42 Å². The van der Waals surface area contributed by atoms with Crippen molar-refractivity contribution in [3.63, 3.8) is 0 Å². The van der Waals surface area contributed by atoms with Gasteiger partial charge in [0.1, 0.15) is 0 Å². The summed E-state index contributed by atoms with van der Waals surface area (Å²) >= 11 is 0. The second kappa shape index (κ2) is 8.24. The Hall–Kier alpha value is -2.69. The molecule has 0 fully saturated rings. The number of hydrogen-bond donors (Lipinski definition) is 2. The average molecular weight is 323 g/mol. The predicted molar refractivity (Wildman–Crippen MR) is 100 cm³/mol. The lowest BCUT2D eigenvalue weighted by Gasteiger charge is -2.12. The van der Waals surface area contributed by atoms with E-state index in [1.165, 1.54) is 10.9 Å². The minimum Gasteiger partial charge on any atom is -0.356 e. The smallest absolute Gasteiger partial charge is 0.191 e. The van der Waals surface area contributed by atoms with Gasteiger partial charge in [0.25, 0.3) is 0 Å². The topological polar surface area (TPSA) is 46.3 Å². The molecule has 126 valence electrons. The summed E-state index contributed by atoms with van der Waals surface area (Å²) < 4.78 is 4.46. The molecule has 0 amide bonds. The lowest BCUT2D eigenvalue weighted by atomic mass is 10.2. The minimum atomic E-state index is 0.858. The molecule has 0 radical (unpaired) electrons. The van der Waals surface area contributed by atoms with E-state index in [-0.39, 0.29) is 0 Å². The molecule has 24 heavy (non-hydrogen) atoms. The zero-order valence-electron chi connectivity index (χ0n) is 14.2. The van der Waals surface area contributed by atoms with Crippen LogP contribution in [0.4, 0.5) is 0 Å². The Morgan fingerprint density at radius 2 is 1.71 bits per heavy atom. The number of hydrogen-bond acceptors (Lipinski definition) is 1. The number of benzene rings is 1. The third-order valence-corrected chi connectivity index (χ3v) is 4.10. The molecular formula is C19H25N5. The molecule has 2 N–H and O–H groups in total. The van der Waals surface area contributed by atoms with Crippen LogP contribution in [0, 0.1) is 0 Å². The Morgan fingerprint density at radius 3 is 2.54 bits per heavy atom. The van der Waals surface area contributed by atoms with Crippen molar-refractivity contribution < 1.29 is 0 Å². The number of rotatable bonds is 7. The van der Waals surface area contributed by atoms with Gasteiger partial charge < -0.3 is 19.8 Å². The molecule has 0 aliphatic carbocycles. The summed E-state index contributed by atoms with van der Waals surface area (Å²) in [4.78, 5) is 4.27. The Kier molecular flexibility index (Phi) is 5.56. The fourth-order valence-electron chi connectivity index (χ4n) is 2.84. The van der Waals surface area contributed by atoms with Gasteiger partial charge >= 0.3 is 0 Å². The van der Waals surface area contributed by atoms with Crippen molar-refractivity contribution in [2.75, 3.05) is 20.1 Å². The summed E-state index contributed by atoms with van der Waals surface area (Å²) in [7, 11) is 1.81. The number of guanidine groups is 1. The van der Waals surface area contributed by atoms with E-state index in [0.29, 0.717) is 0 Å². The molecule has 2 aromatic heterocycles. The first kappa shape index (κ1) is 16.2. The van der Waals surface area contributed by atoms with Crippen LogP contribution in [-0.2, 0) is 13.1 Å². The van der Waals surface area contributed by atoms with Crippen molar-refractivity contribution in [3.05, 3.63) is 61.1 Å². The summed E-state index contributed by atoms with van der Waals surface area (Å²) in [6.07, 6.45) is 7.35. The second-order valence-corrected chi connectivity index (χ2v) is 5.77.